The maximum absolute atomic E-state index is 6.09. The van der Waals surface area contributed by atoms with Crippen LogP contribution in [0.2, 0.25) is 5.02 Å². The van der Waals surface area contributed by atoms with Crippen molar-refractivity contribution >= 4 is 11.6 Å². The first-order chi connectivity index (χ1) is 9.08. The van der Waals surface area contributed by atoms with Crippen molar-refractivity contribution in [3.63, 3.8) is 0 Å². The van der Waals surface area contributed by atoms with E-state index in [1.54, 1.807) is 0 Å². The van der Waals surface area contributed by atoms with Gasteiger partial charge in [0.1, 0.15) is 5.75 Å². The molecule has 2 nitrogen and oxygen atoms in total. The summed E-state index contributed by atoms with van der Waals surface area (Å²) < 4.78 is 5.98. The summed E-state index contributed by atoms with van der Waals surface area (Å²) in [7, 11) is 0. The van der Waals surface area contributed by atoms with E-state index in [0.29, 0.717) is 5.92 Å². The molecule has 108 valence electrons. The normalized spacial score (nSPS) is 14.2. The molecule has 2 atom stereocenters. The smallest absolute Gasteiger partial charge is 0.124 e. The summed E-state index contributed by atoms with van der Waals surface area (Å²) in [6.45, 7) is 10.4. The topological polar surface area (TPSA) is 21.3 Å². The Balaban J connectivity index is 2.76. The van der Waals surface area contributed by atoms with Crippen LogP contribution in [0.3, 0.4) is 0 Å². The van der Waals surface area contributed by atoms with Crippen LogP contribution in [-0.4, -0.2) is 13.2 Å². The number of rotatable bonds is 8. The van der Waals surface area contributed by atoms with Gasteiger partial charge in [0, 0.05) is 16.6 Å². The Morgan fingerprint density at radius 2 is 2.00 bits per heavy atom. The summed E-state index contributed by atoms with van der Waals surface area (Å²) >= 11 is 6.09. The Labute approximate surface area is 122 Å². The summed E-state index contributed by atoms with van der Waals surface area (Å²) in [5, 5.41) is 4.16. The van der Waals surface area contributed by atoms with Crippen LogP contribution in [0.15, 0.2) is 18.2 Å². The number of nitrogens with one attached hydrogen (secondary N) is 1. The van der Waals surface area contributed by atoms with Gasteiger partial charge in [-0.05, 0) is 44.0 Å². The highest BCUT2D eigenvalue weighted by Gasteiger charge is 2.12. The molecule has 0 amide bonds. The summed E-state index contributed by atoms with van der Waals surface area (Å²) in [4.78, 5) is 0. The van der Waals surface area contributed by atoms with E-state index in [0.717, 1.165) is 29.5 Å². The average Bonchev–Trinajstić information content (AvgIpc) is 2.38. The van der Waals surface area contributed by atoms with Crippen LogP contribution < -0.4 is 10.1 Å². The number of hydrogen-bond donors (Lipinski definition) is 1. The van der Waals surface area contributed by atoms with E-state index in [1.165, 1.54) is 12.8 Å². The highest BCUT2D eigenvalue weighted by atomic mass is 35.5. The third-order valence-electron chi connectivity index (χ3n) is 3.25. The summed E-state index contributed by atoms with van der Waals surface area (Å²) in [5.41, 5.74) is 1.14. The van der Waals surface area contributed by atoms with E-state index in [2.05, 4.69) is 33.0 Å². The predicted molar refractivity (Wildman–Crippen MR) is 83.1 cm³/mol. The lowest BCUT2D eigenvalue weighted by Crippen LogP contribution is -2.19. The molecule has 0 saturated heterocycles. The van der Waals surface area contributed by atoms with E-state index in [9.17, 15) is 0 Å². The number of benzene rings is 1. The van der Waals surface area contributed by atoms with Crippen LogP contribution >= 0.6 is 11.6 Å². The standard InChI is InChI=1S/C16H26ClNO/c1-5-7-12(3)11-19-16-9-8-14(17)10-15(16)13(4)18-6-2/h8-10,12-13,18H,5-7,11H2,1-4H3. The van der Waals surface area contributed by atoms with Crippen LogP contribution in [0.4, 0.5) is 0 Å². The third-order valence-corrected chi connectivity index (χ3v) is 3.49. The van der Waals surface area contributed by atoms with Gasteiger partial charge in [-0.1, -0.05) is 38.8 Å². The Morgan fingerprint density at radius 3 is 2.63 bits per heavy atom. The quantitative estimate of drug-likeness (QED) is 0.738. The molecule has 0 heterocycles. The van der Waals surface area contributed by atoms with E-state index in [-0.39, 0.29) is 6.04 Å². The second-order valence-corrected chi connectivity index (χ2v) is 5.60. The van der Waals surface area contributed by atoms with Gasteiger partial charge < -0.3 is 10.1 Å². The molecular weight excluding hydrogens is 258 g/mol. The van der Waals surface area contributed by atoms with Crippen molar-refractivity contribution in [2.24, 2.45) is 5.92 Å². The van der Waals surface area contributed by atoms with Crippen molar-refractivity contribution in [2.45, 2.75) is 46.6 Å². The van der Waals surface area contributed by atoms with Crippen molar-refractivity contribution in [1.29, 1.82) is 0 Å². The van der Waals surface area contributed by atoms with Crippen LogP contribution in [0.25, 0.3) is 0 Å². The highest BCUT2D eigenvalue weighted by Crippen LogP contribution is 2.29. The minimum atomic E-state index is 0.250. The van der Waals surface area contributed by atoms with Gasteiger partial charge in [0.05, 0.1) is 6.61 Å². The van der Waals surface area contributed by atoms with Gasteiger partial charge in [-0.25, -0.2) is 0 Å². The van der Waals surface area contributed by atoms with Crippen LogP contribution in [-0.2, 0) is 0 Å². The van der Waals surface area contributed by atoms with Gasteiger partial charge in [0.25, 0.3) is 0 Å². The van der Waals surface area contributed by atoms with Crippen molar-refractivity contribution < 1.29 is 4.74 Å². The highest BCUT2D eigenvalue weighted by molar-refractivity contribution is 6.30. The Morgan fingerprint density at radius 1 is 1.26 bits per heavy atom. The van der Waals surface area contributed by atoms with Gasteiger partial charge in [-0.3, -0.25) is 0 Å². The van der Waals surface area contributed by atoms with Crippen LogP contribution in [0.1, 0.15) is 52.1 Å². The minimum absolute atomic E-state index is 0.250. The van der Waals surface area contributed by atoms with Crippen molar-refractivity contribution in [3.05, 3.63) is 28.8 Å². The van der Waals surface area contributed by atoms with Crippen LogP contribution in [0, 0.1) is 5.92 Å². The lowest BCUT2D eigenvalue weighted by molar-refractivity contribution is 0.248. The van der Waals surface area contributed by atoms with Gasteiger partial charge in [-0.15, -0.1) is 0 Å². The number of hydrogen-bond acceptors (Lipinski definition) is 2. The van der Waals surface area contributed by atoms with Gasteiger partial charge in [0.2, 0.25) is 0 Å². The summed E-state index contributed by atoms with van der Waals surface area (Å²) in [6, 6.07) is 6.11. The van der Waals surface area contributed by atoms with Gasteiger partial charge in [-0.2, -0.15) is 0 Å². The molecule has 0 aliphatic heterocycles. The Kier molecular flexibility index (Phi) is 7.25. The van der Waals surface area contributed by atoms with Crippen LogP contribution in [0.5, 0.6) is 5.75 Å². The van der Waals surface area contributed by atoms with Crippen molar-refractivity contribution in [1.82, 2.24) is 5.32 Å². The fourth-order valence-corrected chi connectivity index (χ4v) is 2.39. The molecule has 1 aromatic carbocycles. The second kappa shape index (κ2) is 8.44. The molecule has 3 heteroatoms. The molecule has 0 aliphatic rings. The van der Waals surface area contributed by atoms with Crippen molar-refractivity contribution in [2.75, 3.05) is 13.2 Å². The zero-order valence-corrected chi connectivity index (χ0v) is 13.3. The van der Waals surface area contributed by atoms with E-state index in [4.69, 9.17) is 16.3 Å². The molecule has 0 fully saturated rings. The molecule has 0 bridgehead atoms. The molecule has 1 aromatic rings. The zero-order chi connectivity index (χ0) is 14.3. The first-order valence-electron chi connectivity index (χ1n) is 7.24. The van der Waals surface area contributed by atoms with Crippen molar-refractivity contribution in [3.8, 4) is 5.75 Å². The zero-order valence-electron chi connectivity index (χ0n) is 12.5. The molecular formula is C16H26ClNO. The molecule has 0 aliphatic carbocycles. The maximum atomic E-state index is 6.09. The van der Waals surface area contributed by atoms with Gasteiger partial charge >= 0.3 is 0 Å². The summed E-state index contributed by atoms with van der Waals surface area (Å²) in [5.74, 6) is 1.53. The molecule has 0 saturated carbocycles. The number of ether oxygens (including phenoxy) is 1. The maximum Gasteiger partial charge on any atom is 0.124 e. The Hall–Kier alpha value is -0.730. The molecule has 0 radical (unpaired) electrons. The molecule has 19 heavy (non-hydrogen) atoms. The Bertz CT molecular complexity index is 381. The monoisotopic (exact) mass is 283 g/mol. The lowest BCUT2D eigenvalue weighted by Gasteiger charge is -2.19. The third kappa shape index (κ3) is 5.42. The van der Waals surface area contributed by atoms with E-state index in [1.807, 2.05) is 18.2 Å². The summed E-state index contributed by atoms with van der Waals surface area (Å²) in [6.07, 6.45) is 2.40. The van der Waals surface area contributed by atoms with Gasteiger partial charge in [0.15, 0.2) is 0 Å². The van der Waals surface area contributed by atoms with E-state index >= 15 is 0 Å². The number of halogens is 1. The largest absolute Gasteiger partial charge is 0.493 e. The first kappa shape index (κ1) is 16.3. The first-order valence-corrected chi connectivity index (χ1v) is 7.61. The molecule has 2 unspecified atom stereocenters. The average molecular weight is 284 g/mol. The second-order valence-electron chi connectivity index (χ2n) is 5.17. The molecule has 1 N–H and O–H groups in total. The molecule has 0 spiro atoms. The fraction of sp³-hybridized carbons (Fsp3) is 0.625. The SMILES string of the molecule is CCCC(C)COc1ccc(Cl)cc1C(C)NCC. The fourth-order valence-electron chi connectivity index (χ4n) is 2.21. The predicted octanol–water partition coefficient (Wildman–Crippen LogP) is 4.83. The lowest BCUT2D eigenvalue weighted by atomic mass is 10.1. The van der Waals surface area contributed by atoms with E-state index < -0.39 is 0 Å². The molecule has 0 aromatic heterocycles. The minimum Gasteiger partial charge on any atom is -0.493 e. The molecule has 1 rings (SSSR count).